The monoisotopic (exact) mass is 667 g/mol. The molecule has 1 aliphatic rings. The van der Waals surface area contributed by atoms with Gasteiger partial charge in [0.05, 0.1) is 35.5 Å². The fourth-order valence-corrected chi connectivity index (χ4v) is 6.53. The summed E-state index contributed by atoms with van der Waals surface area (Å²) >= 11 is 14.1. The molecule has 1 saturated heterocycles. The SMILES string of the molecule is COc1ccc(C(=O)N2CCN(C(=O)CCCSc3nnc(Cc4ccccc4)n3-c3ccc(Cl)c(Cl)c3)CC2C)c(OC)c1. The summed E-state index contributed by atoms with van der Waals surface area (Å²) in [5.41, 5.74) is 2.42. The van der Waals surface area contributed by atoms with E-state index in [0.717, 1.165) is 22.2 Å². The second-order valence-electron chi connectivity index (χ2n) is 10.7. The minimum absolute atomic E-state index is 0.0762. The number of thioether (sulfide) groups is 1. The minimum atomic E-state index is -0.135. The Hall–Kier alpha value is -3.73. The molecule has 0 saturated carbocycles. The Bertz CT molecular complexity index is 1650. The number of methoxy groups -OCH3 is 2. The van der Waals surface area contributed by atoms with E-state index in [0.29, 0.717) is 71.8 Å². The Labute approximate surface area is 277 Å². The second kappa shape index (κ2) is 15.0. The predicted octanol–water partition coefficient (Wildman–Crippen LogP) is 6.43. The van der Waals surface area contributed by atoms with Crippen LogP contribution in [0.25, 0.3) is 5.69 Å². The molecule has 1 unspecified atom stereocenters. The lowest BCUT2D eigenvalue weighted by atomic mass is 10.1. The van der Waals surface area contributed by atoms with Crippen LogP contribution in [0.1, 0.15) is 41.5 Å². The number of benzene rings is 3. The van der Waals surface area contributed by atoms with Gasteiger partial charge in [0, 0.05) is 50.3 Å². The molecule has 0 N–H and O–H groups in total. The van der Waals surface area contributed by atoms with Crippen molar-refractivity contribution in [2.45, 2.75) is 37.4 Å². The van der Waals surface area contributed by atoms with E-state index < -0.39 is 0 Å². The largest absolute Gasteiger partial charge is 0.497 e. The molecule has 4 aromatic rings. The molecular formula is C33H35Cl2N5O4S. The summed E-state index contributed by atoms with van der Waals surface area (Å²) in [4.78, 5) is 30.2. The molecule has 2 amide bonds. The highest BCUT2D eigenvalue weighted by molar-refractivity contribution is 7.99. The number of nitrogens with zero attached hydrogens (tertiary/aromatic N) is 5. The number of hydrogen-bond donors (Lipinski definition) is 0. The molecule has 1 atom stereocenters. The fraction of sp³-hybridized carbons (Fsp3) is 0.333. The third-order valence-electron chi connectivity index (χ3n) is 7.71. The topological polar surface area (TPSA) is 89.8 Å². The van der Waals surface area contributed by atoms with Crippen LogP contribution in [-0.2, 0) is 11.2 Å². The van der Waals surface area contributed by atoms with Crippen LogP contribution in [0.4, 0.5) is 0 Å². The van der Waals surface area contributed by atoms with Gasteiger partial charge in [-0.3, -0.25) is 14.2 Å². The van der Waals surface area contributed by atoms with Crippen LogP contribution in [-0.4, -0.2) is 82.0 Å². The molecule has 9 nitrogen and oxygen atoms in total. The number of ether oxygens (including phenoxy) is 2. The number of aromatic nitrogens is 3. The summed E-state index contributed by atoms with van der Waals surface area (Å²) < 4.78 is 12.7. The number of carbonyl (C=O) groups excluding carboxylic acids is 2. The van der Waals surface area contributed by atoms with Crippen LogP contribution in [0, 0.1) is 0 Å². The zero-order chi connectivity index (χ0) is 31.9. The van der Waals surface area contributed by atoms with Crippen LogP contribution in [0.2, 0.25) is 10.0 Å². The maximum absolute atomic E-state index is 13.4. The maximum Gasteiger partial charge on any atom is 0.257 e. The number of amides is 2. The number of hydrogen-bond acceptors (Lipinski definition) is 7. The molecule has 2 heterocycles. The maximum atomic E-state index is 13.4. The van der Waals surface area contributed by atoms with Crippen LogP contribution >= 0.6 is 35.0 Å². The number of rotatable bonds is 11. The standard InChI is InChI=1S/C33H35Cl2N5O4S/c1-22-21-38(15-16-39(22)32(42)26-13-12-25(43-2)20-29(26)44-3)31(41)10-7-17-45-33-37-36-30(18-23-8-5-4-6-9-23)40(33)24-11-14-27(34)28(35)19-24/h4-6,8-9,11-14,19-20,22H,7,10,15-18,21H2,1-3H3. The molecule has 0 aliphatic carbocycles. The molecule has 0 bridgehead atoms. The number of halogens is 2. The summed E-state index contributed by atoms with van der Waals surface area (Å²) in [6.45, 7) is 3.37. The highest BCUT2D eigenvalue weighted by atomic mass is 35.5. The van der Waals surface area contributed by atoms with Crippen LogP contribution in [0.15, 0.2) is 71.9 Å². The van der Waals surface area contributed by atoms with Crippen LogP contribution < -0.4 is 9.47 Å². The van der Waals surface area contributed by atoms with Crippen molar-refractivity contribution in [3.8, 4) is 17.2 Å². The average molecular weight is 669 g/mol. The van der Waals surface area contributed by atoms with Gasteiger partial charge in [-0.1, -0.05) is 65.3 Å². The van der Waals surface area contributed by atoms with Crippen molar-refractivity contribution in [3.63, 3.8) is 0 Å². The van der Waals surface area contributed by atoms with Crippen molar-refractivity contribution in [3.05, 3.63) is 93.7 Å². The first kappa shape index (κ1) is 32.7. The Morgan fingerprint density at radius 1 is 0.956 bits per heavy atom. The summed E-state index contributed by atoms with van der Waals surface area (Å²) in [7, 11) is 3.10. The number of carbonyl (C=O) groups is 2. The fourth-order valence-electron chi connectivity index (χ4n) is 5.33. The van der Waals surface area contributed by atoms with Gasteiger partial charge in [-0.15, -0.1) is 10.2 Å². The molecule has 45 heavy (non-hydrogen) atoms. The second-order valence-corrected chi connectivity index (χ2v) is 12.6. The van der Waals surface area contributed by atoms with Gasteiger partial charge in [0.25, 0.3) is 5.91 Å². The van der Waals surface area contributed by atoms with Crippen molar-refractivity contribution in [1.82, 2.24) is 24.6 Å². The van der Waals surface area contributed by atoms with Crippen LogP contribution in [0.3, 0.4) is 0 Å². The molecule has 5 rings (SSSR count). The minimum Gasteiger partial charge on any atom is -0.497 e. The van der Waals surface area contributed by atoms with Crippen molar-refractivity contribution in [2.75, 3.05) is 39.6 Å². The smallest absolute Gasteiger partial charge is 0.257 e. The molecule has 1 fully saturated rings. The Morgan fingerprint density at radius 3 is 2.47 bits per heavy atom. The third kappa shape index (κ3) is 7.74. The Kier molecular flexibility index (Phi) is 10.9. The van der Waals surface area contributed by atoms with Gasteiger partial charge in [-0.25, -0.2) is 0 Å². The van der Waals surface area contributed by atoms with E-state index in [9.17, 15) is 9.59 Å². The summed E-state index contributed by atoms with van der Waals surface area (Å²) in [6.07, 6.45) is 1.67. The molecule has 0 spiro atoms. The highest BCUT2D eigenvalue weighted by Gasteiger charge is 2.31. The van der Waals surface area contributed by atoms with Gasteiger partial charge in [-0.05, 0) is 49.2 Å². The number of piperazine rings is 1. The molecule has 12 heteroatoms. The van der Waals surface area contributed by atoms with E-state index >= 15 is 0 Å². The lowest BCUT2D eigenvalue weighted by Crippen LogP contribution is -2.55. The van der Waals surface area contributed by atoms with E-state index in [2.05, 4.69) is 22.3 Å². The summed E-state index contributed by atoms with van der Waals surface area (Å²) in [5, 5.41) is 10.6. The van der Waals surface area contributed by atoms with Crippen molar-refractivity contribution in [2.24, 2.45) is 0 Å². The summed E-state index contributed by atoms with van der Waals surface area (Å²) in [5.74, 6) is 2.50. The third-order valence-corrected chi connectivity index (χ3v) is 9.47. The van der Waals surface area contributed by atoms with Crippen molar-refractivity contribution >= 4 is 46.8 Å². The van der Waals surface area contributed by atoms with Gasteiger partial charge < -0.3 is 19.3 Å². The van der Waals surface area contributed by atoms with E-state index in [4.69, 9.17) is 32.7 Å². The first-order valence-electron chi connectivity index (χ1n) is 14.7. The summed E-state index contributed by atoms with van der Waals surface area (Å²) in [6, 6.07) is 20.6. The zero-order valence-corrected chi connectivity index (χ0v) is 27.7. The zero-order valence-electron chi connectivity index (χ0n) is 25.4. The lowest BCUT2D eigenvalue weighted by Gasteiger charge is -2.40. The molecule has 1 aliphatic heterocycles. The molecule has 3 aromatic carbocycles. The predicted molar refractivity (Wildman–Crippen MR) is 177 cm³/mol. The molecule has 1 aromatic heterocycles. The van der Waals surface area contributed by atoms with Crippen molar-refractivity contribution in [1.29, 1.82) is 0 Å². The van der Waals surface area contributed by atoms with E-state index in [1.165, 1.54) is 7.11 Å². The quantitative estimate of drug-likeness (QED) is 0.135. The molecule has 0 radical (unpaired) electrons. The van der Waals surface area contributed by atoms with Gasteiger partial charge in [-0.2, -0.15) is 0 Å². The first-order chi connectivity index (χ1) is 21.8. The van der Waals surface area contributed by atoms with E-state index in [1.54, 1.807) is 48.0 Å². The van der Waals surface area contributed by atoms with Gasteiger partial charge >= 0.3 is 0 Å². The average Bonchev–Trinajstić information content (AvgIpc) is 3.45. The Morgan fingerprint density at radius 2 is 1.76 bits per heavy atom. The van der Waals surface area contributed by atoms with Gasteiger partial charge in [0.15, 0.2) is 5.16 Å². The highest BCUT2D eigenvalue weighted by Crippen LogP contribution is 2.30. The first-order valence-corrected chi connectivity index (χ1v) is 16.4. The molecular weight excluding hydrogens is 633 g/mol. The lowest BCUT2D eigenvalue weighted by molar-refractivity contribution is -0.133. The van der Waals surface area contributed by atoms with E-state index in [1.807, 2.05) is 46.7 Å². The van der Waals surface area contributed by atoms with Gasteiger partial charge in [0.2, 0.25) is 5.91 Å². The van der Waals surface area contributed by atoms with E-state index in [-0.39, 0.29) is 17.9 Å². The van der Waals surface area contributed by atoms with Crippen LogP contribution in [0.5, 0.6) is 11.5 Å². The molecule has 236 valence electrons. The normalized spacial score (nSPS) is 14.8. The van der Waals surface area contributed by atoms with Gasteiger partial charge in [0.1, 0.15) is 17.3 Å². The Balaban J connectivity index is 1.18. The van der Waals surface area contributed by atoms with Crippen molar-refractivity contribution < 1.29 is 19.1 Å².